The van der Waals surface area contributed by atoms with Crippen molar-refractivity contribution >= 4 is 5.91 Å². The molecule has 0 aliphatic heterocycles. The lowest BCUT2D eigenvalue weighted by molar-refractivity contribution is -0.121. The molecule has 1 aliphatic rings. The molecule has 104 valence electrons. The van der Waals surface area contributed by atoms with Gasteiger partial charge in [-0.1, -0.05) is 0 Å². The predicted molar refractivity (Wildman–Crippen MR) is 74.8 cm³/mol. The van der Waals surface area contributed by atoms with E-state index in [1.807, 2.05) is 29.9 Å². The molecule has 0 aromatic carbocycles. The van der Waals surface area contributed by atoms with Gasteiger partial charge < -0.3 is 9.88 Å². The Labute approximate surface area is 118 Å². The van der Waals surface area contributed by atoms with E-state index in [0.717, 1.165) is 24.2 Å². The number of nitrogens with zero attached hydrogens (tertiary/aromatic N) is 3. The fourth-order valence-corrected chi connectivity index (χ4v) is 2.41. The summed E-state index contributed by atoms with van der Waals surface area (Å²) in [5, 5.41) is 3.13. The molecule has 2 aromatic heterocycles. The molecule has 0 spiro atoms. The van der Waals surface area contributed by atoms with E-state index >= 15 is 0 Å². The maximum absolute atomic E-state index is 12.2. The molecule has 0 bridgehead atoms. The number of hydrogen-bond donors (Lipinski definition) is 1. The number of imidazole rings is 1. The molecule has 1 N–H and O–H groups in total. The summed E-state index contributed by atoms with van der Waals surface area (Å²) in [6, 6.07) is 3.77. The number of nitrogens with one attached hydrogen (secondary N) is 1. The van der Waals surface area contributed by atoms with E-state index in [-0.39, 0.29) is 11.9 Å². The number of rotatable bonds is 5. The molecular formula is C15H18N4O. The first-order valence-corrected chi connectivity index (χ1v) is 6.89. The van der Waals surface area contributed by atoms with Gasteiger partial charge in [0.15, 0.2) is 0 Å². The molecule has 1 aliphatic carbocycles. The van der Waals surface area contributed by atoms with Crippen molar-refractivity contribution in [3.63, 3.8) is 0 Å². The first-order valence-electron chi connectivity index (χ1n) is 6.89. The Hall–Kier alpha value is -2.17. The molecule has 1 atom stereocenters. The molecular weight excluding hydrogens is 252 g/mol. The maximum Gasteiger partial charge on any atom is 0.225 e. The molecule has 1 saturated carbocycles. The molecule has 3 rings (SSSR count). The number of carbonyl (C=O) groups is 1. The fourth-order valence-electron chi connectivity index (χ4n) is 2.41. The van der Waals surface area contributed by atoms with E-state index < -0.39 is 0 Å². The summed E-state index contributed by atoms with van der Waals surface area (Å²) < 4.78 is 1.98. The van der Waals surface area contributed by atoms with Gasteiger partial charge in [-0.25, -0.2) is 4.98 Å². The normalized spacial score (nSPS) is 15.8. The zero-order valence-electron chi connectivity index (χ0n) is 11.5. The second-order valence-electron chi connectivity index (χ2n) is 5.31. The van der Waals surface area contributed by atoms with Crippen LogP contribution in [0.3, 0.4) is 0 Å². The molecule has 2 aromatic rings. The Balaban J connectivity index is 1.68. The topological polar surface area (TPSA) is 59.8 Å². The van der Waals surface area contributed by atoms with Crippen LogP contribution in [0, 0.1) is 5.92 Å². The minimum atomic E-state index is 0.0318. The van der Waals surface area contributed by atoms with Gasteiger partial charge >= 0.3 is 0 Å². The van der Waals surface area contributed by atoms with Gasteiger partial charge in [0.1, 0.15) is 5.82 Å². The number of aromatic nitrogens is 3. The van der Waals surface area contributed by atoms with Gasteiger partial charge in [-0.3, -0.25) is 9.78 Å². The van der Waals surface area contributed by atoms with Crippen molar-refractivity contribution < 1.29 is 4.79 Å². The Bertz CT molecular complexity index is 589. The minimum absolute atomic E-state index is 0.0318. The van der Waals surface area contributed by atoms with Crippen LogP contribution in [0.4, 0.5) is 0 Å². The van der Waals surface area contributed by atoms with Crippen LogP contribution in [0.15, 0.2) is 36.9 Å². The van der Waals surface area contributed by atoms with Gasteiger partial charge in [0.2, 0.25) is 5.91 Å². The molecule has 0 saturated heterocycles. The lowest BCUT2D eigenvalue weighted by Crippen LogP contribution is -2.32. The highest BCUT2D eigenvalue weighted by molar-refractivity contribution is 5.78. The molecule has 0 unspecified atom stereocenters. The Kier molecular flexibility index (Phi) is 3.50. The SMILES string of the molecule is Cn1ccnc1[C@@H](NC(=O)Cc1ccncc1)C1CC1. The minimum Gasteiger partial charge on any atom is -0.346 e. The van der Waals surface area contributed by atoms with E-state index in [2.05, 4.69) is 15.3 Å². The molecule has 1 amide bonds. The van der Waals surface area contributed by atoms with Crippen molar-refractivity contribution in [1.29, 1.82) is 0 Å². The van der Waals surface area contributed by atoms with Gasteiger partial charge in [-0.2, -0.15) is 0 Å². The van der Waals surface area contributed by atoms with Crippen LogP contribution in [-0.2, 0) is 18.3 Å². The largest absolute Gasteiger partial charge is 0.346 e. The maximum atomic E-state index is 12.2. The zero-order chi connectivity index (χ0) is 13.9. The average Bonchev–Trinajstić information content (AvgIpc) is 3.20. The lowest BCUT2D eigenvalue weighted by Gasteiger charge is -2.18. The van der Waals surface area contributed by atoms with Gasteiger partial charge in [0, 0.05) is 31.8 Å². The van der Waals surface area contributed by atoms with E-state index in [1.54, 1.807) is 18.6 Å². The van der Waals surface area contributed by atoms with Crippen molar-refractivity contribution in [2.24, 2.45) is 13.0 Å². The van der Waals surface area contributed by atoms with E-state index in [1.165, 1.54) is 0 Å². The second kappa shape index (κ2) is 5.45. The summed E-state index contributed by atoms with van der Waals surface area (Å²) >= 11 is 0. The summed E-state index contributed by atoms with van der Waals surface area (Å²) in [5.41, 5.74) is 0.979. The lowest BCUT2D eigenvalue weighted by atomic mass is 10.1. The summed E-state index contributed by atoms with van der Waals surface area (Å²) in [4.78, 5) is 20.5. The Morgan fingerprint density at radius 2 is 2.15 bits per heavy atom. The standard InChI is InChI=1S/C15H18N4O/c1-19-9-8-17-15(19)14(12-2-3-12)18-13(20)10-11-4-6-16-7-5-11/h4-9,12,14H,2-3,10H2,1H3,(H,18,20)/t14-/m0/s1. The number of amides is 1. The average molecular weight is 270 g/mol. The highest BCUT2D eigenvalue weighted by atomic mass is 16.1. The van der Waals surface area contributed by atoms with Crippen molar-refractivity contribution in [3.05, 3.63) is 48.3 Å². The number of pyridine rings is 1. The molecule has 5 nitrogen and oxygen atoms in total. The van der Waals surface area contributed by atoms with Crippen LogP contribution >= 0.6 is 0 Å². The molecule has 1 fully saturated rings. The number of carbonyl (C=O) groups excluding carboxylic acids is 1. The molecule has 5 heteroatoms. The Morgan fingerprint density at radius 1 is 1.40 bits per heavy atom. The van der Waals surface area contributed by atoms with Crippen molar-refractivity contribution in [1.82, 2.24) is 19.9 Å². The summed E-state index contributed by atoms with van der Waals surface area (Å²) in [6.45, 7) is 0. The van der Waals surface area contributed by atoms with Crippen molar-refractivity contribution in [2.75, 3.05) is 0 Å². The van der Waals surface area contributed by atoms with Crippen LogP contribution in [-0.4, -0.2) is 20.4 Å². The molecule has 2 heterocycles. The van der Waals surface area contributed by atoms with Gasteiger partial charge in [-0.15, -0.1) is 0 Å². The van der Waals surface area contributed by atoms with Crippen molar-refractivity contribution in [2.45, 2.75) is 25.3 Å². The first-order chi connectivity index (χ1) is 9.74. The van der Waals surface area contributed by atoms with Crippen LogP contribution < -0.4 is 5.32 Å². The summed E-state index contributed by atoms with van der Waals surface area (Å²) in [5.74, 6) is 1.50. The predicted octanol–water partition coefficient (Wildman–Crippen LogP) is 1.63. The second-order valence-corrected chi connectivity index (χ2v) is 5.31. The van der Waals surface area contributed by atoms with Crippen LogP contribution in [0.1, 0.15) is 30.3 Å². The summed E-state index contributed by atoms with van der Waals surface area (Å²) in [7, 11) is 1.97. The third-order valence-corrected chi connectivity index (χ3v) is 3.66. The highest BCUT2D eigenvalue weighted by Crippen LogP contribution is 2.40. The molecule has 20 heavy (non-hydrogen) atoms. The quantitative estimate of drug-likeness (QED) is 0.898. The van der Waals surface area contributed by atoms with Crippen LogP contribution in [0.2, 0.25) is 0 Å². The first kappa shape index (κ1) is 12.8. The Morgan fingerprint density at radius 3 is 2.75 bits per heavy atom. The third kappa shape index (κ3) is 2.87. The van der Waals surface area contributed by atoms with Gasteiger partial charge in [-0.05, 0) is 36.5 Å². The fraction of sp³-hybridized carbons (Fsp3) is 0.400. The van der Waals surface area contributed by atoms with Gasteiger partial charge in [0.05, 0.1) is 12.5 Å². The van der Waals surface area contributed by atoms with Crippen LogP contribution in [0.5, 0.6) is 0 Å². The van der Waals surface area contributed by atoms with E-state index in [0.29, 0.717) is 12.3 Å². The number of hydrogen-bond acceptors (Lipinski definition) is 3. The van der Waals surface area contributed by atoms with Crippen LogP contribution in [0.25, 0.3) is 0 Å². The zero-order valence-corrected chi connectivity index (χ0v) is 11.5. The monoisotopic (exact) mass is 270 g/mol. The number of aryl methyl sites for hydroxylation is 1. The summed E-state index contributed by atoms with van der Waals surface area (Å²) in [6.07, 6.45) is 9.81. The van der Waals surface area contributed by atoms with E-state index in [4.69, 9.17) is 0 Å². The van der Waals surface area contributed by atoms with E-state index in [9.17, 15) is 4.79 Å². The van der Waals surface area contributed by atoms with Gasteiger partial charge in [0.25, 0.3) is 0 Å². The van der Waals surface area contributed by atoms with Crippen molar-refractivity contribution in [3.8, 4) is 0 Å². The molecule has 0 radical (unpaired) electrons. The third-order valence-electron chi connectivity index (χ3n) is 3.66. The highest BCUT2D eigenvalue weighted by Gasteiger charge is 2.35. The smallest absolute Gasteiger partial charge is 0.225 e.